The van der Waals surface area contributed by atoms with Gasteiger partial charge in [0.1, 0.15) is 0 Å². The summed E-state index contributed by atoms with van der Waals surface area (Å²) in [6.07, 6.45) is 0. The highest BCUT2D eigenvalue weighted by Crippen LogP contribution is 2.27. The summed E-state index contributed by atoms with van der Waals surface area (Å²) in [6, 6.07) is 3.34. The van der Waals surface area contributed by atoms with Gasteiger partial charge in [-0.2, -0.15) is 5.26 Å². The number of amides is 1. The molecule has 0 radical (unpaired) electrons. The van der Waals surface area contributed by atoms with Gasteiger partial charge in [-0.3, -0.25) is 9.69 Å². The number of nitriles is 1. The first kappa shape index (κ1) is 9.23. The summed E-state index contributed by atoms with van der Waals surface area (Å²) in [4.78, 5) is 12.2. The number of nitrogens with zero attached hydrogens (tertiary/aromatic N) is 2. The molecule has 12 heavy (non-hydrogen) atoms. The molecular formula is C7H5BrN2OS. The van der Waals surface area contributed by atoms with Gasteiger partial charge in [0.25, 0.3) is 0 Å². The van der Waals surface area contributed by atoms with E-state index in [1.807, 2.05) is 5.38 Å². The minimum absolute atomic E-state index is 0.552. The summed E-state index contributed by atoms with van der Waals surface area (Å²) in [6.45, 7) is 0. The monoisotopic (exact) mass is 244 g/mol. The summed E-state index contributed by atoms with van der Waals surface area (Å²) < 4.78 is 0.917. The molecule has 0 aliphatic carbocycles. The predicted molar refractivity (Wildman–Crippen MR) is 51.0 cm³/mol. The maximum absolute atomic E-state index is 10.9. The van der Waals surface area contributed by atoms with Crippen molar-refractivity contribution >= 4 is 38.2 Å². The fourth-order valence-corrected chi connectivity index (χ4v) is 2.04. The van der Waals surface area contributed by atoms with Gasteiger partial charge >= 0.3 is 5.91 Å². The lowest BCUT2D eigenvalue weighted by molar-refractivity contribution is -0.113. The Bertz CT molecular complexity index is 341. The van der Waals surface area contributed by atoms with Gasteiger partial charge in [-0.1, -0.05) is 0 Å². The van der Waals surface area contributed by atoms with E-state index in [0.717, 1.165) is 9.47 Å². The van der Waals surface area contributed by atoms with Gasteiger partial charge in [0.2, 0.25) is 0 Å². The summed E-state index contributed by atoms with van der Waals surface area (Å²) in [5, 5.41) is 10.9. The highest BCUT2D eigenvalue weighted by Gasteiger charge is 2.10. The normalized spacial score (nSPS) is 9.08. The number of rotatable bonds is 1. The Morgan fingerprint density at radius 1 is 1.83 bits per heavy atom. The number of halogens is 1. The minimum Gasteiger partial charge on any atom is -0.294 e. The Morgan fingerprint density at radius 2 is 2.50 bits per heavy atom. The number of thiophene rings is 1. The van der Waals surface area contributed by atoms with E-state index in [1.165, 1.54) is 16.2 Å². The number of carbonyl (C=O) groups excluding carboxylic acids is 1. The van der Waals surface area contributed by atoms with Gasteiger partial charge in [-0.25, -0.2) is 0 Å². The molecular weight excluding hydrogens is 240 g/mol. The van der Waals surface area contributed by atoms with Crippen molar-refractivity contribution in [2.45, 2.75) is 0 Å². The van der Waals surface area contributed by atoms with Crippen LogP contribution in [0.4, 0.5) is 5.00 Å². The minimum atomic E-state index is -0.552. The molecule has 3 nitrogen and oxygen atoms in total. The van der Waals surface area contributed by atoms with Crippen LogP contribution in [0.15, 0.2) is 15.9 Å². The number of carbonyl (C=O) groups is 1. The molecule has 0 aromatic carbocycles. The van der Waals surface area contributed by atoms with E-state index in [1.54, 1.807) is 19.2 Å². The molecule has 0 spiro atoms. The quantitative estimate of drug-likeness (QED) is 0.710. The van der Waals surface area contributed by atoms with E-state index in [4.69, 9.17) is 5.26 Å². The lowest BCUT2D eigenvalue weighted by Crippen LogP contribution is -2.23. The SMILES string of the molecule is CN(C(=O)C#N)c1cc(Br)cs1. The highest BCUT2D eigenvalue weighted by atomic mass is 79.9. The molecule has 0 fully saturated rings. The number of hydrogen-bond acceptors (Lipinski definition) is 3. The van der Waals surface area contributed by atoms with E-state index in [9.17, 15) is 4.79 Å². The Balaban J connectivity index is 2.86. The Kier molecular flexibility index (Phi) is 2.84. The van der Waals surface area contributed by atoms with Gasteiger partial charge in [0.15, 0.2) is 6.07 Å². The van der Waals surface area contributed by atoms with E-state index < -0.39 is 5.91 Å². The second-order valence-corrected chi connectivity index (χ2v) is 3.88. The molecule has 0 aliphatic heterocycles. The second-order valence-electron chi connectivity index (χ2n) is 2.08. The summed E-state index contributed by atoms with van der Waals surface area (Å²) in [5.41, 5.74) is 0. The third-order valence-electron chi connectivity index (χ3n) is 1.28. The second kappa shape index (κ2) is 3.70. The van der Waals surface area contributed by atoms with Crippen LogP contribution in [0.5, 0.6) is 0 Å². The molecule has 0 saturated carbocycles. The molecule has 1 aromatic rings. The maximum atomic E-state index is 10.9. The topological polar surface area (TPSA) is 44.1 Å². The molecule has 5 heteroatoms. The molecule has 1 rings (SSSR count). The molecule has 0 N–H and O–H groups in total. The fraction of sp³-hybridized carbons (Fsp3) is 0.143. The zero-order valence-electron chi connectivity index (χ0n) is 6.24. The van der Waals surface area contributed by atoms with Crippen LogP contribution in [0.2, 0.25) is 0 Å². The molecule has 0 saturated heterocycles. The van der Waals surface area contributed by atoms with Crippen LogP contribution in [0, 0.1) is 11.3 Å². The average molecular weight is 245 g/mol. The van der Waals surface area contributed by atoms with Gasteiger partial charge in [0.05, 0.1) is 5.00 Å². The molecule has 0 aliphatic rings. The van der Waals surface area contributed by atoms with Crippen LogP contribution < -0.4 is 4.90 Å². The number of anilines is 1. The molecule has 1 heterocycles. The van der Waals surface area contributed by atoms with Crippen molar-refractivity contribution in [2.75, 3.05) is 11.9 Å². The van der Waals surface area contributed by atoms with Crippen LogP contribution in [0.1, 0.15) is 0 Å². The van der Waals surface area contributed by atoms with Crippen molar-refractivity contribution in [2.24, 2.45) is 0 Å². The first-order valence-corrected chi connectivity index (χ1v) is 4.74. The van der Waals surface area contributed by atoms with Crippen molar-refractivity contribution in [3.8, 4) is 6.07 Å². The van der Waals surface area contributed by atoms with E-state index in [2.05, 4.69) is 15.9 Å². The van der Waals surface area contributed by atoms with Crippen molar-refractivity contribution in [1.29, 1.82) is 5.26 Å². The molecule has 0 unspecified atom stereocenters. The lowest BCUT2D eigenvalue weighted by Gasteiger charge is -2.08. The molecule has 62 valence electrons. The van der Waals surface area contributed by atoms with Crippen LogP contribution >= 0.6 is 27.3 Å². The van der Waals surface area contributed by atoms with Crippen molar-refractivity contribution in [3.05, 3.63) is 15.9 Å². The van der Waals surface area contributed by atoms with E-state index >= 15 is 0 Å². The van der Waals surface area contributed by atoms with Crippen molar-refractivity contribution in [3.63, 3.8) is 0 Å². The molecule has 1 amide bonds. The lowest BCUT2D eigenvalue weighted by atomic mass is 10.5. The van der Waals surface area contributed by atoms with Gasteiger partial charge < -0.3 is 0 Å². The summed E-state index contributed by atoms with van der Waals surface area (Å²) in [5.74, 6) is -0.552. The van der Waals surface area contributed by atoms with E-state index in [0.29, 0.717) is 0 Å². The van der Waals surface area contributed by atoms with Crippen molar-refractivity contribution in [1.82, 2.24) is 0 Å². The fourth-order valence-electron chi connectivity index (χ4n) is 0.654. The smallest absolute Gasteiger partial charge is 0.294 e. The Hall–Kier alpha value is -0.860. The predicted octanol–water partition coefficient (Wildman–Crippen LogP) is 2.00. The third kappa shape index (κ3) is 1.84. The zero-order chi connectivity index (χ0) is 9.14. The van der Waals surface area contributed by atoms with Crippen molar-refractivity contribution < 1.29 is 4.79 Å². The maximum Gasteiger partial charge on any atom is 0.329 e. The largest absolute Gasteiger partial charge is 0.329 e. The molecule has 1 aromatic heterocycles. The van der Waals surface area contributed by atoms with Gasteiger partial charge in [-0.05, 0) is 22.0 Å². The Labute approximate surface area is 82.3 Å². The first-order valence-electron chi connectivity index (χ1n) is 3.07. The van der Waals surface area contributed by atoms with Gasteiger partial charge in [-0.15, -0.1) is 11.3 Å². The van der Waals surface area contributed by atoms with E-state index in [-0.39, 0.29) is 0 Å². The summed E-state index contributed by atoms with van der Waals surface area (Å²) in [7, 11) is 1.57. The van der Waals surface area contributed by atoms with Crippen LogP contribution in [-0.4, -0.2) is 13.0 Å². The van der Waals surface area contributed by atoms with Crippen LogP contribution in [0.3, 0.4) is 0 Å². The standard InChI is InChI=1S/C7H5BrN2OS/c1-10(6(11)3-9)7-2-5(8)4-12-7/h2,4H,1H3. The van der Waals surface area contributed by atoms with Crippen LogP contribution in [0.25, 0.3) is 0 Å². The number of hydrogen-bond donors (Lipinski definition) is 0. The Morgan fingerprint density at radius 3 is 2.92 bits per heavy atom. The zero-order valence-corrected chi connectivity index (χ0v) is 8.65. The average Bonchev–Trinajstić information content (AvgIpc) is 2.49. The van der Waals surface area contributed by atoms with Crippen LogP contribution in [-0.2, 0) is 4.79 Å². The van der Waals surface area contributed by atoms with Gasteiger partial charge in [0, 0.05) is 16.9 Å². The summed E-state index contributed by atoms with van der Waals surface area (Å²) >= 11 is 4.67. The third-order valence-corrected chi connectivity index (χ3v) is 3.05. The first-order chi connectivity index (χ1) is 5.65. The highest BCUT2D eigenvalue weighted by molar-refractivity contribution is 9.10. The molecule has 0 bridgehead atoms. The molecule has 0 atom stereocenters.